The van der Waals surface area contributed by atoms with Crippen LogP contribution in [0.5, 0.6) is 0 Å². The van der Waals surface area contributed by atoms with Gasteiger partial charge in [0.2, 0.25) is 0 Å². The molecule has 0 bridgehead atoms. The smallest absolute Gasteiger partial charge is 0.195 e. The van der Waals surface area contributed by atoms with E-state index >= 15 is 0 Å². The van der Waals surface area contributed by atoms with Crippen LogP contribution in [0.25, 0.3) is 10.9 Å². The number of rotatable bonds is 5. The normalized spacial score (nSPS) is 12.5. The van der Waals surface area contributed by atoms with Crippen molar-refractivity contribution in [2.75, 3.05) is 13.7 Å². The van der Waals surface area contributed by atoms with Crippen LogP contribution in [0.1, 0.15) is 34.6 Å². The molecule has 0 saturated carbocycles. The van der Waals surface area contributed by atoms with Crippen molar-refractivity contribution in [2.24, 2.45) is 0 Å². The van der Waals surface area contributed by atoms with Crippen molar-refractivity contribution < 1.29 is 9.53 Å². The summed E-state index contributed by atoms with van der Waals surface area (Å²) < 4.78 is 7.51. The lowest BCUT2D eigenvalue weighted by molar-refractivity contribution is 0.103. The van der Waals surface area contributed by atoms with Gasteiger partial charge < -0.3 is 9.30 Å². The predicted molar refractivity (Wildman–Crippen MR) is 93.1 cm³/mol. The number of carbonyl (C=O) groups is 1. The molecule has 3 rings (SSSR count). The van der Waals surface area contributed by atoms with Gasteiger partial charge in [-0.05, 0) is 19.9 Å². The first kappa shape index (κ1) is 15.5. The number of benzene rings is 2. The first-order chi connectivity index (χ1) is 11.1. The monoisotopic (exact) mass is 307 g/mol. The van der Waals surface area contributed by atoms with Gasteiger partial charge in [0.05, 0.1) is 18.2 Å². The van der Waals surface area contributed by atoms with Crippen LogP contribution in [0.2, 0.25) is 0 Å². The summed E-state index contributed by atoms with van der Waals surface area (Å²) in [4.78, 5) is 13.0. The lowest BCUT2D eigenvalue weighted by Gasteiger charge is -2.16. The van der Waals surface area contributed by atoms with E-state index in [2.05, 4.69) is 17.6 Å². The fourth-order valence-electron chi connectivity index (χ4n) is 3.30. The summed E-state index contributed by atoms with van der Waals surface area (Å²) in [5.41, 5.74) is 3.58. The maximum Gasteiger partial charge on any atom is 0.195 e. The van der Waals surface area contributed by atoms with Gasteiger partial charge in [-0.25, -0.2) is 0 Å². The molecule has 3 aromatic rings. The van der Waals surface area contributed by atoms with Gasteiger partial charge in [-0.2, -0.15) is 0 Å². The summed E-state index contributed by atoms with van der Waals surface area (Å²) in [5, 5.41) is 1.00. The van der Waals surface area contributed by atoms with Crippen molar-refractivity contribution in [1.82, 2.24) is 4.57 Å². The standard InChI is InChI=1S/C20H21NO2/c1-14(13-23-3)21-15(2)19(17-11-7-8-12-18(17)21)20(22)16-9-5-4-6-10-16/h4-12,14H,13H2,1-3H3. The van der Waals surface area contributed by atoms with Crippen LogP contribution in [-0.4, -0.2) is 24.1 Å². The van der Waals surface area contributed by atoms with Gasteiger partial charge in [0.15, 0.2) is 5.78 Å². The number of aromatic nitrogens is 1. The Bertz CT molecular complexity index is 833. The molecule has 0 amide bonds. The second kappa shape index (κ2) is 6.39. The average Bonchev–Trinajstić information content (AvgIpc) is 2.87. The number of carbonyl (C=O) groups excluding carboxylic acids is 1. The Kier molecular flexibility index (Phi) is 4.30. The maximum absolute atomic E-state index is 13.0. The summed E-state index contributed by atoms with van der Waals surface area (Å²) in [6.45, 7) is 4.74. The van der Waals surface area contributed by atoms with E-state index in [1.807, 2.05) is 55.5 Å². The molecule has 0 aliphatic heterocycles. The molecular formula is C20H21NO2. The summed E-state index contributed by atoms with van der Waals surface area (Å²) in [5.74, 6) is 0.0719. The molecular weight excluding hydrogens is 286 g/mol. The minimum Gasteiger partial charge on any atom is -0.383 e. The molecule has 0 saturated heterocycles. The highest BCUT2D eigenvalue weighted by Crippen LogP contribution is 2.30. The van der Waals surface area contributed by atoms with E-state index in [4.69, 9.17) is 4.74 Å². The van der Waals surface area contributed by atoms with Crippen LogP contribution in [0.15, 0.2) is 54.6 Å². The highest BCUT2D eigenvalue weighted by atomic mass is 16.5. The minimum atomic E-state index is 0.0719. The Morgan fingerprint density at radius 2 is 1.74 bits per heavy atom. The molecule has 0 aliphatic carbocycles. The molecule has 0 N–H and O–H groups in total. The van der Waals surface area contributed by atoms with Crippen LogP contribution in [0, 0.1) is 6.92 Å². The number of fused-ring (bicyclic) bond motifs is 1. The van der Waals surface area contributed by atoms with Gasteiger partial charge >= 0.3 is 0 Å². The molecule has 0 radical (unpaired) electrons. The third-order valence-electron chi connectivity index (χ3n) is 4.27. The van der Waals surface area contributed by atoms with Crippen LogP contribution < -0.4 is 0 Å². The first-order valence-corrected chi connectivity index (χ1v) is 7.83. The Balaban J connectivity index is 2.22. The fraction of sp³-hybridized carbons (Fsp3) is 0.250. The average molecular weight is 307 g/mol. The van der Waals surface area contributed by atoms with E-state index in [0.717, 1.165) is 27.7 Å². The molecule has 1 unspecified atom stereocenters. The number of ether oxygens (including phenoxy) is 1. The topological polar surface area (TPSA) is 31.2 Å². The zero-order valence-corrected chi connectivity index (χ0v) is 13.7. The molecule has 118 valence electrons. The number of nitrogens with zero attached hydrogens (tertiary/aromatic N) is 1. The van der Waals surface area contributed by atoms with Crippen LogP contribution in [0.3, 0.4) is 0 Å². The summed E-state index contributed by atoms with van der Waals surface area (Å²) in [7, 11) is 1.70. The maximum atomic E-state index is 13.0. The second-order valence-electron chi connectivity index (χ2n) is 5.85. The van der Waals surface area contributed by atoms with E-state index in [0.29, 0.717) is 6.61 Å². The third kappa shape index (κ3) is 2.68. The predicted octanol–water partition coefficient (Wildman–Crippen LogP) is 4.39. The summed E-state index contributed by atoms with van der Waals surface area (Å²) in [6.07, 6.45) is 0. The summed E-state index contributed by atoms with van der Waals surface area (Å²) in [6, 6.07) is 17.7. The largest absolute Gasteiger partial charge is 0.383 e. The molecule has 0 aliphatic rings. The van der Waals surface area contributed by atoms with E-state index < -0.39 is 0 Å². The van der Waals surface area contributed by atoms with Gasteiger partial charge in [-0.1, -0.05) is 48.5 Å². The van der Waals surface area contributed by atoms with Crippen molar-refractivity contribution in [3.05, 3.63) is 71.4 Å². The van der Waals surface area contributed by atoms with Crippen molar-refractivity contribution in [3.63, 3.8) is 0 Å². The molecule has 1 aromatic heterocycles. The molecule has 3 nitrogen and oxygen atoms in total. The highest BCUT2D eigenvalue weighted by molar-refractivity contribution is 6.17. The number of ketones is 1. The van der Waals surface area contributed by atoms with E-state index in [-0.39, 0.29) is 11.8 Å². The Labute approximate surface area is 136 Å². The van der Waals surface area contributed by atoms with E-state index in [9.17, 15) is 4.79 Å². The van der Waals surface area contributed by atoms with Gasteiger partial charge in [0, 0.05) is 29.3 Å². The van der Waals surface area contributed by atoms with Crippen LogP contribution in [-0.2, 0) is 4.74 Å². The first-order valence-electron chi connectivity index (χ1n) is 7.83. The Hall–Kier alpha value is -2.39. The molecule has 1 heterocycles. The van der Waals surface area contributed by atoms with Gasteiger partial charge in [0.25, 0.3) is 0 Å². The molecule has 3 heteroatoms. The SMILES string of the molecule is COCC(C)n1c(C)c(C(=O)c2ccccc2)c2ccccc21. The number of para-hydroxylation sites is 1. The Morgan fingerprint density at radius 1 is 1.09 bits per heavy atom. The summed E-state index contributed by atoms with van der Waals surface area (Å²) >= 11 is 0. The van der Waals surface area contributed by atoms with Crippen molar-refractivity contribution in [3.8, 4) is 0 Å². The van der Waals surface area contributed by atoms with Gasteiger partial charge in [-0.15, -0.1) is 0 Å². The highest BCUT2D eigenvalue weighted by Gasteiger charge is 2.22. The number of methoxy groups -OCH3 is 1. The molecule has 23 heavy (non-hydrogen) atoms. The third-order valence-corrected chi connectivity index (χ3v) is 4.27. The zero-order valence-electron chi connectivity index (χ0n) is 13.7. The lowest BCUT2D eigenvalue weighted by Crippen LogP contribution is -2.13. The molecule has 2 aromatic carbocycles. The van der Waals surface area contributed by atoms with Crippen molar-refractivity contribution >= 4 is 16.7 Å². The second-order valence-corrected chi connectivity index (χ2v) is 5.85. The molecule has 0 spiro atoms. The molecule has 1 atom stereocenters. The lowest BCUT2D eigenvalue weighted by atomic mass is 10.0. The quantitative estimate of drug-likeness (QED) is 0.655. The zero-order chi connectivity index (χ0) is 16.4. The van der Waals surface area contributed by atoms with Crippen LogP contribution in [0.4, 0.5) is 0 Å². The fourth-order valence-corrected chi connectivity index (χ4v) is 3.30. The number of hydrogen-bond donors (Lipinski definition) is 0. The number of hydrogen-bond acceptors (Lipinski definition) is 2. The van der Waals surface area contributed by atoms with E-state index in [1.54, 1.807) is 7.11 Å². The minimum absolute atomic E-state index is 0.0719. The Morgan fingerprint density at radius 3 is 2.43 bits per heavy atom. The van der Waals surface area contributed by atoms with E-state index in [1.165, 1.54) is 0 Å². The van der Waals surface area contributed by atoms with Crippen molar-refractivity contribution in [1.29, 1.82) is 0 Å². The molecule has 0 fully saturated rings. The van der Waals surface area contributed by atoms with Gasteiger partial charge in [-0.3, -0.25) is 4.79 Å². The van der Waals surface area contributed by atoms with Crippen molar-refractivity contribution in [2.45, 2.75) is 19.9 Å². The van der Waals surface area contributed by atoms with Crippen LogP contribution >= 0.6 is 0 Å². The van der Waals surface area contributed by atoms with Gasteiger partial charge in [0.1, 0.15) is 0 Å².